The number of aromatic nitrogens is 1. The Morgan fingerprint density at radius 1 is 1.14 bits per heavy atom. The summed E-state index contributed by atoms with van der Waals surface area (Å²) in [6, 6.07) is 10.5. The number of pyridine rings is 1. The van der Waals surface area contributed by atoms with Crippen molar-refractivity contribution in [2.45, 2.75) is 44.7 Å². The third-order valence-corrected chi connectivity index (χ3v) is 5.16. The molecule has 1 aliphatic rings. The molecule has 3 amide bonds. The molecule has 2 aromatic rings. The van der Waals surface area contributed by atoms with Crippen LogP contribution in [0, 0.1) is 5.92 Å². The summed E-state index contributed by atoms with van der Waals surface area (Å²) in [5.41, 5.74) is 8.04. The van der Waals surface area contributed by atoms with Crippen molar-refractivity contribution in [1.82, 2.24) is 10.3 Å². The zero-order chi connectivity index (χ0) is 20.0. The minimum Gasteiger partial charge on any atom is -0.334 e. The number of rotatable bonds is 5. The van der Waals surface area contributed by atoms with E-state index in [4.69, 9.17) is 5.73 Å². The lowest BCUT2D eigenvalue weighted by Crippen LogP contribution is -2.51. The molecule has 2 atom stereocenters. The Bertz CT molecular complexity index is 823. The summed E-state index contributed by atoms with van der Waals surface area (Å²) in [6.45, 7) is 2.35. The number of amides is 3. The molecular formula is C21H27N5O2. The second-order valence-electron chi connectivity index (χ2n) is 7.54. The van der Waals surface area contributed by atoms with Crippen LogP contribution in [-0.2, 0) is 11.3 Å². The summed E-state index contributed by atoms with van der Waals surface area (Å²) in [6.07, 6.45) is 7.09. The van der Waals surface area contributed by atoms with Crippen LogP contribution in [0.25, 0.3) is 0 Å². The molecule has 1 aliphatic carbocycles. The number of anilines is 2. The Kier molecular flexibility index (Phi) is 6.26. The molecule has 1 fully saturated rings. The molecule has 2 unspecified atom stereocenters. The molecule has 1 heterocycles. The van der Waals surface area contributed by atoms with Crippen LogP contribution in [0.2, 0.25) is 0 Å². The first-order valence-electron chi connectivity index (χ1n) is 9.57. The Hall–Kier alpha value is -2.93. The van der Waals surface area contributed by atoms with Gasteiger partial charge in [0, 0.05) is 35.9 Å². The molecule has 5 N–H and O–H groups in total. The predicted molar refractivity (Wildman–Crippen MR) is 110 cm³/mol. The average Bonchev–Trinajstić information content (AvgIpc) is 2.67. The highest BCUT2D eigenvalue weighted by Crippen LogP contribution is 2.32. The van der Waals surface area contributed by atoms with E-state index >= 15 is 0 Å². The van der Waals surface area contributed by atoms with Crippen molar-refractivity contribution in [3.8, 4) is 0 Å². The minimum absolute atomic E-state index is 0.0658. The van der Waals surface area contributed by atoms with Gasteiger partial charge in [0.15, 0.2) is 0 Å². The molecular weight excluding hydrogens is 354 g/mol. The lowest BCUT2D eigenvalue weighted by atomic mass is 9.74. The van der Waals surface area contributed by atoms with Crippen LogP contribution in [0.3, 0.4) is 0 Å². The summed E-state index contributed by atoms with van der Waals surface area (Å²) in [5.74, 6) is -0.273. The Morgan fingerprint density at radius 3 is 2.57 bits per heavy atom. The maximum atomic E-state index is 12.7. The first kappa shape index (κ1) is 19.8. The highest BCUT2D eigenvalue weighted by Gasteiger charge is 2.37. The number of carbonyl (C=O) groups excluding carboxylic acids is 2. The van der Waals surface area contributed by atoms with Gasteiger partial charge in [-0.3, -0.25) is 9.78 Å². The molecule has 3 rings (SSSR count). The second kappa shape index (κ2) is 8.84. The molecule has 1 saturated carbocycles. The van der Waals surface area contributed by atoms with Crippen molar-refractivity contribution < 1.29 is 9.59 Å². The molecule has 28 heavy (non-hydrogen) atoms. The van der Waals surface area contributed by atoms with Gasteiger partial charge in [0.25, 0.3) is 0 Å². The average molecular weight is 381 g/mol. The van der Waals surface area contributed by atoms with Gasteiger partial charge in [-0.1, -0.05) is 18.9 Å². The molecule has 0 spiro atoms. The maximum absolute atomic E-state index is 12.7. The van der Waals surface area contributed by atoms with Gasteiger partial charge in [-0.2, -0.15) is 0 Å². The lowest BCUT2D eigenvalue weighted by Gasteiger charge is -2.37. The van der Waals surface area contributed by atoms with E-state index in [0.717, 1.165) is 31.2 Å². The first-order valence-corrected chi connectivity index (χ1v) is 9.57. The summed E-state index contributed by atoms with van der Waals surface area (Å²) in [4.78, 5) is 28.7. The number of urea groups is 1. The standard InChI is InChI=1S/C21H27N5O2/c1-21(22)10-3-2-7-18(21)19(27)25-16-5-4-6-17(13-16)26-20(28)24-14-15-8-11-23-12-9-15/h4-6,8-9,11-13,18H,2-3,7,10,14,22H2,1H3,(H,25,27)(H2,24,26,28). The number of benzene rings is 1. The van der Waals surface area contributed by atoms with Gasteiger partial charge in [0.2, 0.25) is 5.91 Å². The zero-order valence-corrected chi connectivity index (χ0v) is 16.1. The fraction of sp³-hybridized carbons (Fsp3) is 0.381. The van der Waals surface area contributed by atoms with Crippen LogP contribution >= 0.6 is 0 Å². The Morgan fingerprint density at radius 2 is 1.86 bits per heavy atom. The topological polar surface area (TPSA) is 109 Å². The van der Waals surface area contributed by atoms with Crippen molar-refractivity contribution in [1.29, 1.82) is 0 Å². The van der Waals surface area contributed by atoms with Gasteiger partial charge in [-0.15, -0.1) is 0 Å². The molecule has 1 aromatic heterocycles. The van der Waals surface area contributed by atoms with E-state index in [2.05, 4.69) is 20.9 Å². The Balaban J connectivity index is 1.56. The van der Waals surface area contributed by atoms with Crippen LogP contribution in [0.1, 0.15) is 38.2 Å². The highest BCUT2D eigenvalue weighted by atomic mass is 16.2. The number of hydrogen-bond acceptors (Lipinski definition) is 4. The molecule has 7 heteroatoms. The van der Waals surface area contributed by atoms with Gasteiger partial charge >= 0.3 is 6.03 Å². The minimum atomic E-state index is -0.481. The van der Waals surface area contributed by atoms with Gasteiger partial charge < -0.3 is 21.7 Å². The quantitative estimate of drug-likeness (QED) is 0.637. The molecule has 0 bridgehead atoms. The second-order valence-corrected chi connectivity index (χ2v) is 7.54. The molecule has 0 radical (unpaired) electrons. The number of nitrogens with zero attached hydrogens (tertiary/aromatic N) is 1. The van der Waals surface area contributed by atoms with Crippen molar-refractivity contribution in [2.75, 3.05) is 10.6 Å². The summed E-state index contributed by atoms with van der Waals surface area (Å²) in [7, 11) is 0. The van der Waals surface area contributed by atoms with Gasteiger partial charge in [-0.25, -0.2) is 4.79 Å². The predicted octanol–water partition coefficient (Wildman–Crippen LogP) is 3.25. The van der Waals surface area contributed by atoms with Gasteiger partial charge in [-0.05, 0) is 55.7 Å². The first-order chi connectivity index (χ1) is 13.4. The van der Waals surface area contributed by atoms with Crippen molar-refractivity contribution in [3.63, 3.8) is 0 Å². The summed E-state index contributed by atoms with van der Waals surface area (Å²) in [5, 5.41) is 8.51. The summed E-state index contributed by atoms with van der Waals surface area (Å²) < 4.78 is 0. The van der Waals surface area contributed by atoms with E-state index in [-0.39, 0.29) is 17.9 Å². The monoisotopic (exact) mass is 381 g/mol. The van der Waals surface area contributed by atoms with E-state index in [1.807, 2.05) is 19.1 Å². The molecule has 1 aromatic carbocycles. The zero-order valence-electron chi connectivity index (χ0n) is 16.1. The molecule has 0 aliphatic heterocycles. The van der Waals surface area contributed by atoms with Gasteiger partial charge in [0.1, 0.15) is 0 Å². The van der Waals surface area contributed by atoms with E-state index in [9.17, 15) is 9.59 Å². The Labute approximate surface area is 165 Å². The fourth-order valence-electron chi connectivity index (χ4n) is 3.55. The maximum Gasteiger partial charge on any atom is 0.319 e. The third kappa shape index (κ3) is 5.29. The molecule has 7 nitrogen and oxygen atoms in total. The van der Waals surface area contributed by atoms with E-state index in [1.54, 1.807) is 36.7 Å². The number of nitrogens with one attached hydrogen (secondary N) is 3. The van der Waals surface area contributed by atoms with Crippen LogP contribution < -0.4 is 21.7 Å². The van der Waals surface area contributed by atoms with Crippen LogP contribution in [0.15, 0.2) is 48.8 Å². The highest BCUT2D eigenvalue weighted by molar-refractivity contribution is 5.95. The van der Waals surface area contributed by atoms with E-state index in [1.165, 1.54) is 0 Å². The molecule has 0 saturated heterocycles. The van der Waals surface area contributed by atoms with Crippen molar-refractivity contribution in [2.24, 2.45) is 11.7 Å². The third-order valence-electron chi connectivity index (χ3n) is 5.16. The number of carbonyl (C=O) groups is 2. The molecule has 148 valence electrons. The summed E-state index contributed by atoms with van der Waals surface area (Å²) >= 11 is 0. The van der Waals surface area contributed by atoms with E-state index in [0.29, 0.717) is 17.9 Å². The normalized spacial score (nSPS) is 21.6. The smallest absolute Gasteiger partial charge is 0.319 e. The largest absolute Gasteiger partial charge is 0.334 e. The van der Waals surface area contributed by atoms with Crippen molar-refractivity contribution in [3.05, 3.63) is 54.4 Å². The number of hydrogen-bond donors (Lipinski definition) is 4. The lowest BCUT2D eigenvalue weighted by molar-refractivity contribution is -0.122. The van der Waals surface area contributed by atoms with Crippen LogP contribution in [0.4, 0.5) is 16.2 Å². The van der Waals surface area contributed by atoms with E-state index < -0.39 is 5.54 Å². The van der Waals surface area contributed by atoms with Crippen molar-refractivity contribution >= 4 is 23.3 Å². The van der Waals surface area contributed by atoms with Crippen LogP contribution in [-0.4, -0.2) is 22.5 Å². The SMILES string of the molecule is CC1(N)CCCCC1C(=O)Nc1cccc(NC(=O)NCc2ccncc2)c1. The fourth-order valence-corrected chi connectivity index (χ4v) is 3.55. The number of nitrogens with two attached hydrogens (primary N) is 1. The van der Waals surface area contributed by atoms with Crippen LogP contribution in [0.5, 0.6) is 0 Å². The van der Waals surface area contributed by atoms with Gasteiger partial charge in [0.05, 0.1) is 5.92 Å².